The van der Waals surface area contributed by atoms with Crippen LogP contribution in [0.2, 0.25) is 0 Å². The number of ether oxygens (including phenoxy) is 1. The average Bonchev–Trinajstić information content (AvgIpc) is 3.13. The summed E-state index contributed by atoms with van der Waals surface area (Å²) in [6, 6.07) is 5.25. The molecule has 1 unspecified atom stereocenters. The summed E-state index contributed by atoms with van der Waals surface area (Å²) in [6.45, 7) is 6.26. The average molecular weight is 430 g/mol. The molecule has 0 saturated carbocycles. The van der Waals surface area contributed by atoms with E-state index >= 15 is 0 Å². The van der Waals surface area contributed by atoms with E-state index in [0.717, 1.165) is 0 Å². The zero-order chi connectivity index (χ0) is 22.8. The van der Waals surface area contributed by atoms with Crippen molar-refractivity contribution in [2.24, 2.45) is 0 Å². The summed E-state index contributed by atoms with van der Waals surface area (Å²) in [5.74, 6) is -0.0668. The van der Waals surface area contributed by atoms with Crippen molar-refractivity contribution >= 4 is 17.2 Å². The van der Waals surface area contributed by atoms with Crippen LogP contribution in [0, 0.1) is 0 Å². The molecule has 3 aromatic heterocycles. The van der Waals surface area contributed by atoms with Gasteiger partial charge in [-0.3, -0.25) is 9.78 Å². The molecule has 3 rings (SSSR count). The van der Waals surface area contributed by atoms with Crippen molar-refractivity contribution in [1.29, 1.82) is 0 Å². The summed E-state index contributed by atoms with van der Waals surface area (Å²) in [6.07, 6.45) is 1.45. The van der Waals surface area contributed by atoms with Crippen LogP contribution in [0.15, 0.2) is 30.6 Å². The SMILES string of the molecule is COc1ccc2ncc(-c3cc(NC(C)C)c(C(=O)NCC(F)C(C)(C)O)cn3)n2n1. The maximum absolute atomic E-state index is 14.0. The zero-order valence-corrected chi connectivity index (χ0v) is 18.2. The summed E-state index contributed by atoms with van der Waals surface area (Å²) in [7, 11) is 1.53. The fourth-order valence-corrected chi connectivity index (χ4v) is 2.87. The molecule has 0 aliphatic heterocycles. The first-order chi connectivity index (χ1) is 14.6. The van der Waals surface area contributed by atoms with Crippen molar-refractivity contribution in [3.05, 3.63) is 36.2 Å². The van der Waals surface area contributed by atoms with Crippen LogP contribution in [-0.4, -0.2) is 62.1 Å². The van der Waals surface area contributed by atoms with Gasteiger partial charge in [0, 0.05) is 18.3 Å². The molecular formula is C21H27FN6O3. The van der Waals surface area contributed by atoms with Gasteiger partial charge in [0.1, 0.15) is 11.9 Å². The number of halogens is 1. The lowest BCUT2D eigenvalue weighted by Gasteiger charge is -2.23. The van der Waals surface area contributed by atoms with Gasteiger partial charge in [0.2, 0.25) is 5.88 Å². The van der Waals surface area contributed by atoms with Gasteiger partial charge in [-0.15, -0.1) is 5.10 Å². The van der Waals surface area contributed by atoms with Crippen LogP contribution in [0.4, 0.5) is 10.1 Å². The number of nitrogens with zero attached hydrogens (tertiary/aromatic N) is 4. The minimum atomic E-state index is -1.61. The van der Waals surface area contributed by atoms with Crippen molar-refractivity contribution in [2.75, 3.05) is 19.0 Å². The number of nitrogens with one attached hydrogen (secondary N) is 2. The number of methoxy groups -OCH3 is 1. The fourth-order valence-electron chi connectivity index (χ4n) is 2.87. The van der Waals surface area contributed by atoms with E-state index in [4.69, 9.17) is 4.74 Å². The Balaban J connectivity index is 1.94. The Hall–Kier alpha value is -3.27. The molecule has 1 amide bonds. The largest absolute Gasteiger partial charge is 0.480 e. The van der Waals surface area contributed by atoms with Gasteiger partial charge < -0.3 is 20.5 Å². The molecule has 31 heavy (non-hydrogen) atoms. The highest BCUT2D eigenvalue weighted by Crippen LogP contribution is 2.25. The van der Waals surface area contributed by atoms with Crippen molar-refractivity contribution in [2.45, 2.75) is 45.5 Å². The van der Waals surface area contributed by atoms with E-state index in [-0.39, 0.29) is 18.2 Å². The number of aliphatic hydroxyl groups is 1. The van der Waals surface area contributed by atoms with E-state index in [2.05, 4.69) is 25.7 Å². The topological polar surface area (TPSA) is 114 Å². The molecule has 3 aromatic rings. The highest BCUT2D eigenvalue weighted by molar-refractivity contribution is 6.00. The smallest absolute Gasteiger partial charge is 0.255 e. The molecule has 0 aromatic carbocycles. The zero-order valence-electron chi connectivity index (χ0n) is 18.2. The Bertz CT molecular complexity index is 1080. The molecule has 0 fully saturated rings. The van der Waals surface area contributed by atoms with E-state index in [9.17, 15) is 14.3 Å². The molecule has 0 spiro atoms. The summed E-state index contributed by atoms with van der Waals surface area (Å²) < 4.78 is 20.8. The second kappa shape index (κ2) is 8.84. The number of pyridine rings is 1. The van der Waals surface area contributed by atoms with Crippen molar-refractivity contribution in [3.63, 3.8) is 0 Å². The van der Waals surface area contributed by atoms with Gasteiger partial charge >= 0.3 is 0 Å². The Morgan fingerprint density at radius 2 is 2.03 bits per heavy atom. The first kappa shape index (κ1) is 22.4. The first-order valence-electron chi connectivity index (χ1n) is 9.90. The lowest BCUT2D eigenvalue weighted by molar-refractivity contribution is -0.00177. The molecule has 0 saturated heterocycles. The number of rotatable bonds is 8. The maximum Gasteiger partial charge on any atom is 0.255 e. The Kier molecular flexibility index (Phi) is 6.40. The molecule has 3 N–H and O–H groups in total. The van der Waals surface area contributed by atoms with Crippen LogP contribution < -0.4 is 15.4 Å². The second-order valence-corrected chi connectivity index (χ2v) is 8.03. The molecule has 0 bridgehead atoms. The molecule has 0 aliphatic rings. The number of carbonyl (C=O) groups is 1. The van der Waals surface area contributed by atoms with Gasteiger partial charge in [0.05, 0.1) is 42.4 Å². The highest BCUT2D eigenvalue weighted by Gasteiger charge is 2.27. The number of fused-ring (bicyclic) bond motifs is 1. The van der Waals surface area contributed by atoms with Crippen molar-refractivity contribution in [3.8, 4) is 17.3 Å². The van der Waals surface area contributed by atoms with Crippen LogP contribution in [-0.2, 0) is 0 Å². The Morgan fingerprint density at radius 1 is 1.29 bits per heavy atom. The third-order valence-electron chi connectivity index (χ3n) is 4.61. The standard InChI is InChI=1S/C21H27FN6O3/c1-12(2)26-14-8-15(16-10-24-18-6-7-19(31-5)27-28(16)18)23-9-13(14)20(29)25-11-17(22)21(3,4)30/h6-10,12,17,30H,11H2,1-5H3,(H,23,26)(H,25,29). The second-order valence-electron chi connectivity index (χ2n) is 8.03. The van der Waals surface area contributed by atoms with Gasteiger partial charge in [0.25, 0.3) is 5.91 Å². The summed E-state index contributed by atoms with van der Waals surface area (Å²) in [5, 5.41) is 19.9. The predicted molar refractivity (Wildman–Crippen MR) is 115 cm³/mol. The summed E-state index contributed by atoms with van der Waals surface area (Å²) in [5.41, 5.74) is 1.05. The Morgan fingerprint density at radius 3 is 2.68 bits per heavy atom. The first-order valence-corrected chi connectivity index (χ1v) is 9.90. The third-order valence-corrected chi connectivity index (χ3v) is 4.61. The summed E-state index contributed by atoms with van der Waals surface area (Å²) >= 11 is 0. The van der Waals surface area contributed by atoms with Gasteiger partial charge in [-0.1, -0.05) is 0 Å². The van der Waals surface area contributed by atoms with Crippen LogP contribution in [0.3, 0.4) is 0 Å². The van der Waals surface area contributed by atoms with Crippen LogP contribution in [0.25, 0.3) is 17.0 Å². The maximum atomic E-state index is 14.0. The van der Waals surface area contributed by atoms with Crippen LogP contribution in [0.5, 0.6) is 5.88 Å². The van der Waals surface area contributed by atoms with Gasteiger partial charge in [-0.2, -0.15) is 0 Å². The number of hydrogen-bond donors (Lipinski definition) is 3. The minimum Gasteiger partial charge on any atom is -0.480 e. The fraction of sp³-hybridized carbons (Fsp3) is 0.429. The monoisotopic (exact) mass is 430 g/mol. The van der Waals surface area contributed by atoms with E-state index in [1.807, 2.05) is 13.8 Å². The van der Waals surface area contributed by atoms with Crippen molar-refractivity contribution in [1.82, 2.24) is 24.9 Å². The van der Waals surface area contributed by atoms with E-state index in [1.165, 1.54) is 27.2 Å². The number of alkyl halides is 1. The molecule has 3 heterocycles. The number of anilines is 1. The molecule has 166 valence electrons. The Labute approximate surface area is 179 Å². The molecule has 10 heteroatoms. The minimum absolute atomic E-state index is 0.0347. The normalized spacial score (nSPS) is 12.8. The van der Waals surface area contributed by atoms with Crippen molar-refractivity contribution < 1.29 is 19.0 Å². The van der Waals surface area contributed by atoms with Gasteiger partial charge in [-0.05, 0) is 39.8 Å². The third kappa shape index (κ3) is 5.08. The molecule has 9 nitrogen and oxygen atoms in total. The number of hydrogen-bond acceptors (Lipinski definition) is 7. The lowest BCUT2D eigenvalue weighted by atomic mass is 10.0. The number of aromatic nitrogens is 4. The number of carbonyl (C=O) groups excluding carboxylic acids is 1. The van der Waals surface area contributed by atoms with Gasteiger partial charge in [-0.25, -0.2) is 13.9 Å². The molecule has 1 atom stereocenters. The summed E-state index contributed by atoms with van der Waals surface area (Å²) in [4.78, 5) is 21.4. The van der Waals surface area contributed by atoms with Crippen LogP contribution in [0.1, 0.15) is 38.1 Å². The highest BCUT2D eigenvalue weighted by atomic mass is 19.1. The van der Waals surface area contributed by atoms with E-state index in [1.54, 1.807) is 28.9 Å². The molecule has 0 radical (unpaired) electrons. The quantitative estimate of drug-likeness (QED) is 0.503. The number of amides is 1. The lowest BCUT2D eigenvalue weighted by Crippen LogP contribution is -2.42. The van der Waals surface area contributed by atoms with E-state index < -0.39 is 17.7 Å². The van der Waals surface area contributed by atoms with Gasteiger partial charge in [0.15, 0.2) is 5.65 Å². The van der Waals surface area contributed by atoms with Crippen LogP contribution >= 0.6 is 0 Å². The number of imidazole rings is 1. The predicted octanol–water partition coefficient (Wildman–Crippen LogP) is 2.46. The molecule has 0 aliphatic carbocycles. The molecular weight excluding hydrogens is 403 g/mol. The van der Waals surface area contributed by atoms with E-state index in [0.29, 0.717) is 28.6 Å².